The summed E-state index contributed by atoms with van der Waals surface area (Å²) < 4.78 is 18.5. The summed E-state index contributed by atoms with van der Waals surface area (Å²) in [6, 6.07) is 12.3. The van der Waals surface area contributed by atoms with E-state index in [0.29, 0.717) is 21.8 Å². The average Bonchev–Trinajstić information content (AvgIpc) is 2.89. The second-order valence-electron chi connectivity index (χ2n) is 5.24. The summed E-state index contributed by atoms with van der Waals surface area (Å²) in [4.78, 5) is 25.1. The molecule has 1 heterocycles. The molecule has 2 aromatic rings. The molecule has 0 spiro atoms. The number of carbonyl (C=O) groups excluding carboxylic acids is 2. The topological polar surface area (TPSA) is 58.6 Å². The van der Waals surface area contributed by atoms with Crippen molar-refractivity contribution >= 4 is 46.2 Å². The lowest BCUT2D eigenvalue weighted by Gasteiger charge is -2.15. The number of nitrogens with zero attached hydrogens (tertiary/aromatic N) is 1. The van der Waals surface area contributed by atoms with Crippen molar-refractivity contribution in [2.75, 3.05) is 7.11 Å². The van der Waals surface area contributed by atoms with Crippen molar-refractivity contribution in [3.63, 3.8) is 0 Å². The van der Waals surface area contributed by atoms with Crippen molar-refractivity contribution in [3.05, 3.63) is 70.4 Å². The van der Waals surface area contributed by atoms with Gasteiger partial charge in [-0.2, -0.15) is 5.01 Å². The van der Waals surface area contributed by atoms with Crippen LogP contribution >= 0.6 is 24.0 Å². The van der Waals surface area contributed by atoms with E-state index >= 15 is 0 Å². The van der Waals surface area contributed by atoms with Crippen molar-refractivity contribution in [1.29, 1.82) is 0 Å². The van der Waals surface area contributed by atoms with Gasteiger partial charge < -0.3 is 4.74 Å². The molecule has 1 N–H and O–H groups in total. The van der Waals surface area contributed by atoms with Gasteiger partial charge in [0.15, 0.2) is 4.32 Å². The number of hydrogen-bond donors (Lipinski definition) is 1. The van der Waals surface area contributed by atoms with Gasteiger partial charge in [-0.15, -0.1) is 0 Å². The molecule has 1 aliphatic rings. The fraction of sp³-hybridized carbons (Fsp3) is 0.0556. The number of benzene rings is 2. The number of thiocarbonyl (C=S) groups is 1. The standard InChI is InChI=1S/C18H13FN2O3S2/c1-24-14-7-5-12(6-8-14)16(22)20-21-17(23)15(26-18(21)25)10-11-3-2-4-13(19)9-11/h2-10H,1H3,(H,20,22)/b15-10+. The number of amides is 2. The van der Waals surface area contributed by atoms with Gasteiger partial charge in [0.1, 0.15) is 11.6 Å². The Morgan fingerprint density at radius 2 is 2.00 bits per heavy atom. The first kappa shape index (κ1) is 18.1. The van der Waals surface area contributed by atoms with Crippen LogP contribution in [0.3, 0.4) is 0 Å². The number of hydrogen-bond acceptors (Lipinski definition) is 5. The van der Waals surface area contributed by atoms with Crippen LogP contribution in [0, 0.1) is 5.82 Å². The molecule has 0 radical (unpaired) electrons. The van der Waals surface area contributed by atoms with Gasteiger partial charge in [0, 0.05) is 5.56 Å². The third-order valence-corrected chi connectivity index (χ3v) is 4.81. The largest absolute Gasteiger partial charge is 0.497 e. The summed E-state index contributed by atoms with van der Waals surface area (Å²) in [7, 11) is 1.53. The molecule has 26 heavy (non-hydrogen) atoms. The Morgan fingerprint density at radius 1 is 1.27 bits per heavy atom. The van der Waals surface area contributed by atoms with Gasteiger partial charge in [-0.1, -0.05) is 23.9 Å². The number of nitrogens with one attached hydrogen (secondary N) is 1. The lowest BCUT2D eigenvalue weighted by molar-refractivity contribution is -0.123. The Kier molecular flexibility index (Phi) is 5.34. The van der Waals surface area contributed by atoms with Crippen LogP contribution in [0.5, 0.6) is 5.75 Å². The van der Waals surface area contributed by atoms with E-state index in [2.05, 4.69) is 5.43 Å². The highest BCUT2D eigenvalue weighted by molar-refractivity contribution is 8.26. The number of thioether (sulfide) groups is 1. The van der Waals surface area contributed by atoms with Gasteiger partial charge in [-0.25, -0.2) is 4.39 Å². The van der Waals surface area contributed by atoms with Crippen LogP contribution in [0.15, 0.2) is 53.4 Å². The van der Waals surface area contributed by atoms with Crippen LogP contribution < -0.4 is 10.2 Å². The van der Waals surface area contributed by atoms with E-state index in [1.54, 1.807) is 36.4 Å². The molecule has 8 heteroatoms. The van der Waals surface area contributed by atoms with E-state index in [-0.39, 0.29) is 4.32 Å². The maximum atomic E-state index is 13.3. The predicted octanol–water partition coefficient (Wildman–Crippen LogP) is 3.38. The van der Waals surface area contributed by atoms with E-state index in [1.807, 2.05) is 0 Å². The van der Waals surface area contributed by atoms with Crippen LogP contribution in [0.4, 0.5) is 4.39 Å². The Bertz CT molecular complexity index is 913. The third-order valence-electron chi connectivity index (χ3n) is 3.51. The Balaban J connectivity index is 1.75. The minimum atomic E-state index is -0.476. The fourth-order valence-electron chi connectivity index (χ4n) is 2.22. The Labute approximate surface area is 158 Å². The summed E-state index contributed by atoms with van der Waals surface area (Å²) in [6.45, 7) is 0. The van der Waals surface area contributed by atoms with Crippen LogP contribution in [-0.4, -0.2) is 28.3 Å². The van der Waals surface area contributed by atoms with E-state index in [9.17, 15) is 14.0 Å². The number of rotatable bonds is 4. The van der Waals surface area contributed by atoms with Gasteiger partial charge >= 0.3 is 0 Å². The number of ether oxygens (including phenoxy) is 1. The maximum Gasteiger partial charge on any atom is 0.285 e. The zero-order chi connectivity index (χ0) is 18.7. The summed E-state index contributed by atoms with van der Waals surface area (Å²) >= 11 is 6.20. The van der Waals surface area contributed by atoms with Crippen molar-refractivity contribution in [1.82, 2.24) is 10.4 Å². The van der Waals surface area contributed by atoms with Crippen LogP contribution in [0.2, 0.25) is 0 Å². The van der Waals surface area contributed by atoms with Gasteiger partial charge in [-0.3, -0.25) is 15.0 Å². The number of methoxy groups -OCH3 is 1. The summed E-state index contributed by atoms with van der Waals surface area (Å²) in [6.07, 6.45) is 1.53. The number of hydrazine groups is 1. The molecular formula is C18H13FN2O3S2. The lowest BCUT2D eigenvalue weighted by Crippen LogP contribution is -2.44. The monoisotopic (exact) mass is 388 g/mol. The third kappa shape index (κ3) is 3.92. The Morgan fingerprint density at radius 3 is 2.65 bits per heavy atom. The van der Waals surface area contributed by atoms with Gasteiger partial charge in [0.25, 0.3) is 11.8 Å². The zero-order valence-corrected chi connectivity index (χ0v) is 15.2. The summed E-state index contributed by atoms with van der Waals surface area (Å²) in [5, 5.41) is 1.01. The van der Waals surface area contributed by atoms with Crippen molar-refractivity contribution < 1.29 is 18.7 Å². The van der Waals surface area contributed by atoms with Crippen LogP contribution in [0.1, 0.15) is 15.9 Å². The number of halogens is 1. The molecule has 1 aliphatic heterocycles. The highest BCUT2D eigenvalue weighted by Crippen LogP contribution is 2.31. The summed E-state index contributed by atoms with van der Waals surface area (Å²) in [5.74, 6) is -0.727. The van der Waals surface area contributed by atoms with E-state index in [1.165, 1.54) is 25.3 Å². The first-order valence-corrected chi connectivity index (χ1v) is 8.69. The molecule has 2 aromatic carbocycles. The molecule has 5 nitrogen and oxygen atoms in total. The smallest absolute Gasteiger partial charge is 0.285 e. The minimum absolute atomic E-state index is 0.194. The highest BCUT2D eigenvalue weighted by Gasteiger charge is 2.33. The Hall–Kier alpha value is -2.71. The first-order chi connectivity index (χ1) is 12.5. The zero-order valence-electron chi connectivity index (χ0n) is 13.6. The lowest BCUT2D eigenvalue weighted by atomic mass is 10.2. The SMILES string of the molecule is COc1ccc(C(=O)NN2C(=O)/C(=C\c3cccc(F)c3)SC2=S)cc1. The molecule has 2 amide bonds. The summed E-state index contributed by atoms with van der Waals surface area (Å²) in [5.41, 5.74) is 3.38. The van der Waals surface area contributed by atoms with Crippen molar-refractivity contribution in [2.24, 2.45) is 0 Å². The van der Waals surface area contributed by atoms with Gasteiger partial charge in [-0.05, 0) is 60.3 Å². The highest BCUT2D eigenvalue weighted by atomic mass is 32.2. The molecule has 0 aliphatic carbocycles. The van der Waals surface area contributed by atoms with Crippen LogP contribution in [-0.2, 0) is 4.79 Å². The van der Waals surface area contributed by atoms with E-state index < -0.39 is 17.6 Å². The van der Waals surface area contributed by atoms with E-state index in [4.69, 9.17) is 17.0 Å². The normalized spacial score (nSPS) is 15.5. The quantitative estimate of drug-likeness (QED) is 0.643. The van der Waals surface area contributed by atoms with Gasteiger partial charge in [0.05, 0.1) is 12.0 Å². The molecule has 1 saturated heterocycles. The molecule has 0 unspecified atom stereocenters. The molecular weight excluding hydrogens is 375 g/mol. The molecule has 0 saturated carbocycles. The minimum Gasteiger partial charge on any atom is -0.497 e. The molecule has 0 atom stereocenters. The second-order valence-corrected chi connectivity index (χ2v) is 6.92. The molecule has 3 rings (SSSR count). The molecule has 0 bridgehead atoms. The number of carbonyl (C=O) groups is 2. The van der Waals surface area contributed by atoms with Crippen LogP contribution in [0.25, 0.3) is 6.08 Å². The maximum absolute atomic E-state index is 13.3. The molecule has 0 aromatic heterocycles. The first-order valence-electron chi connectivity index (χ1n) is 7.46. The average molecular weight is 388 g/mol. The fourth-order valence-corrected chi connectivity index (χ4v) is 3.40. The molecule has 1 fully saturated rings. The predicted molar refractivity (Wildman–Crippen MR) is 102 cm³/mol. The van der Waals surface area contributed by atoms with Gasteiger partial charge in [0.2, 0.25) is 0 Å². The molecule has 132 valence electrons. The van der Waals surface area contributed by atoms with Crippen molar-refractivity contribution in [3.8, 4) is 5.75 Å². The van der Waals surface area contributed by atoms with E-state index in [0.717, 1.165) is 16.8 Å². The second kappa shape index (κ2) is 7.67. The van der Waals surface area contributed by atoms with Crippen molar-refractivity contribution in [2.45, 2.75) is 0 Å².